The Morgan fingerprint density at radius 3 is 2.67 bits per heavy atom. The van der Waals surface area contributed by atoms with Gasteiger partial charge in [0.2, 0.25) is 0 Å². The van der Waals surface area contributed by atoms with E-state index in [0.717, 1.165) is 16.5 Å². The van der Waals surface area contributed by atoms with E-state index < -0.39 is 0 Å². The van der Waals surface area contributed by atoms with Gasteiger partial charge in [-0.3, -0.25) is 0 Å². The summed E-state index contributed by atoms with van der Waals surface area (Å²) in [5, 5.41) is 5.58. The summed E-state index contributed by atoms with van der Waals surface area (Å²) >= 11 is 8.05. The average molecular weight is 319 g/mol. The Morgan fingerprint density at radius 1 is 1.19 bits per heavy atom. The number of nitrogens with zero attached hydrogens (tertiary/aromatic N) is 1. The predicted octanol–water partition coefficient (Wildman–Crippen LogP) is 4.66. The van der Waals surface area contributed by atoms with Gasteiger partial charge in [0.1, 0.15) is 5.03 Å². The third-order valence-electron chi connectivity index (χ3n) is 4.12. The third kappa shape index (κ3) is 2.96. The Kier molecular flexibility index (Phi) is 4.53. The molecule has 0 amide bonds. The number of thioether (sulfide) groups is 1. The van der Waals surface area contributed by atoms with Crippen LogP contribution in [0.2, 0.25) is 5.02 Å². The van der Waals surface area contributed by atoms with E-state index in [9.17, 15) is 0 Å². The van der Waals surface area contributed by atoms with Gasteiger partial charge < -0.3 is 5.32 Å². The Hall–Kier alpha value is -1.03. The maximum atomic E-state index is 6.27. The lowest BCUT2D eigenvalue weighted by atomic mass is 9.81. The number of fused-ring (bicyclic) bond motifs is 1. The van der Waals surface area contributed by atoms with Crippen molar-refractivity contribution in [2.24, 2.45) is 0 Å². The fourth-order valence-electron chi connectivity index (χ4n) is 3.11. The van der Waals surface area contributed by atoms with Crippen LogP contribution in [0.25, 0.3) is 0 Å². The van der Waals surface area contributed by atoms with Crippen molar-refractivity contribution in [2.75, 3.05) is 7.05 Å². The van der Waals surface area contributed by atoms with Crippen molar-refractivity contribution in [3.63, 3.8) is 0 Å². The van der Waals surface area contributed by atoms with Gasteiger partial charge in [0.25, 0.3) is 0 Å². The summed E-state index contributed by atoms with van der Waals surface area (Å²) < 4.78 is 0. The number of hydrogen-bond acceptors (Lipinski definition) is 3. The molecule has 1 aromatic carbocycles. The SMILES string of the molecule is CNC1c2ccccc2C(C)CC1Sc1ncccc1Cl. The molecule has 1 N–H and O–H groups in total. The molecular formula is C17H19ClN2S. The molecule has 0 spiro atoms. The molecule has 1 aromatic heterocycles. The minimum atomic E-state index is 0.334. The van der Waals surface area contributed by atoms with Crippen molar-refractivity contribution < 1.29 is 0 Å². The highest BCUT2D eigenvalue weighted by molar-refractivity contribution is 8.00. The van der Waals surface area contributed by atoms with Crippen LogP contribution in [0.3, 0.4) is 0 Å². The molecule has 4 heteroatoms. The first-order chi connectivity index (χ1) is 10.2. The molecule has 0 fully saturated rings. The zero-order valence-corrected chi connectivity index (χ0v) is 13.8. The van der Waals surface area contributed by atoms with Gasteiger partial charge in [-0.2, -0.15) is 0 Å². The van der Waals surface area contributed by atoms with Crippen LogP contribution in [0.15, 0.2) is 47.6 Å². The summed E-state index contributed by atoms with van der Waals surface area (Å²) in [5.41, 5.74) is 2.86. The molecule has 1 heterocycles. The van der Waals surface area contributed by atoms with Crippen molar-refractivity contribution in [3.05, 3.63) is 58.7 Å². The number of benzene rings is 1. The van der Waals surface area contributed by atoms with Crippen LogP contribution in [0.4, 0.5) is 0 Å². The number of aromatic nitrogens is 1. The maximum absolute atomic E-state index is 6.27. The summed E-state index contributed by atoms with van der Waals surface area (Å²) in [6, 6.07) is 12.9. The van der Waals surface area contributed by atoms with Gasteiger partial charge in [0.15, 0.2) is 0 Å². The molecular weight excluding hydrogens is 300 g/mol. The second-order valence-corrected chi connectivity index (χ2v) is 7.11. The van der Waals surface area contributed by atoms with E-state index in [-0.39, 0.29) is 0 Å². The number of hydrogen-bond donors (Lipinski definition) is 1. The molecule has 1 aliphatic carbocycles. The van der Waals surface area contributed by atoms with Crippen LogP contribution in [-0.2, 0) is 0 Å². The molecule has 0 aliphatic heterocycles. The van der Waals surface area contributed by atoms with Crippen molar-refractivity contribution in [2.45, 2.75) is 35.6 Å². The van der Waals surface area contributed by atoms with Gasteiger partial charge in [-0.1, -0.05) is 54.6 Å². The summed E-state index contributed by atoms with van der Waals surface area (Å²) in [7, 11) is 2.03. The number of rotatable bonds is 3. The minimum Gasteiger partial charge on any atom is -0.312 e. The van der Waals surface area contributed by atoms with Gasteiger partial charge in [-0.25, -0.2) is 4.98 Å². The molecule has 0 saturated carbocycles. The summed E-state index contributed by atoms with van der Waals surface area (Å²) in [6.07, 6.45) is 2.93. The molecule has 1 aliphatic rings. The lowest BCUT2D eigenvalue weighted by Gasteiger charge is -2.36. The monoisotopic (exact) mass is 318 g/mol. The molecule has 3 atom stereocenters. The highest BCUT2D eigenvalue weighted by Gasteiger charge is 2.33. The Balaban J connectivity index is 1.92. The Labute approximate surface area is 135 Å². The van der Waals surface area contributed by atoms with E-state index in [2.05, 4.69) is 41.5 Å². The van der Waals surface area contributed by atoms with Crippen LogP contribution in [-0.4, -0.2) is 17.3 Å². The second-order valence-electron chi connectivity index (χ2n) is 5.48. The van der Waals surface area contributed by atoms with Gasteiger partial charge in [0.05, 0.1) is 5.02 Å². The first kappa shape index (κ1) is 14.9. The Morgan fingerprint density at radius 2 is 1.95 bits per heavy atom. The van der Waals surface area contributed by atoms with Crippen molar-refractivity contribution in [1.82, 2.24) is 10.3 Å². The standard InChI is InChI=1S/C17H19ClN2S/c1-11-10-15(21-17-14(18)8-5-9-20-17)16(19-2)13-7-4-3-6-12(11)13/h3-9,11,15-16,19H,10H2,1-2H3. The largest absolute Gasteiger partial charge is 0.312 e. The number of halogens is 1. The van der Waals surface area contributed by atoms with Crippen LogP contribution >= 0.6 is 23.4 Å². The van der Waals surface area contributed by atoms with Crippen molar-refractivity contribution in [1.29, 1.82) is 0 Å². The van der Waals surface area contributed by atoms with E-state index in [0.29, 0.717) is 17.2 Å². The zero-order chi connectivity index (χ0) is 14.8. The predicted molar refractivity (Wildman–Crippen MR) is 90.2 cm³/mol. The molecule has 3 unspecified atom stereocenters. The van der Waals surface area contributed by atoms with E-state index in [1.807, 2.05) is 25.4 Å². The third-order valence-corrected chi connectivity index (χ3v) is 5.85. The molecule has 0 radical (unpaired) electrons. The van der Waals surface area contributed by atoms with Crippen LogP contribution in [0.5, 0.6) is 0 Å². The number of nitrogens with one attached hydrogen (secondary N) is 1. The molecule has 0 saturated heterocycles. The minimum absolute atomic E-state index is 0.334. The van der Waals surface area contributed by atoms with E-state index in [1.54, 1.807) is 11.8 Å². The Bertz CT molecular complexity index is 632. The summed E-state index contributed by atoms with van der Waals surface area (Å²) in [4.78, 5) is 4.43. The maximum Gasteiger partial charge on any atom is 0.115 e. The molecule has 21 heavy (non-hydrogen) atoms. The molecule has 110 valence electrons. The molecule has 2 nitrogen and oxygen atoms in total. The summed E-state index contributed by atoms with van der Waals surface area (Å²) in [5.74, 6) is 0.561. The van der Waals surface area contributed by atoms with Gasteiger partial charge >= 0.3 is 0 Å². The van der Waals surface area contributed by atoms with Gasteiger partial charge in [-0.05, 0) is 42.6 Å². The van der Waals surface area contributed by atoms with Crippen LogP contribution < -0.4 is 5.32 Å². The van der Waals surface area contributed by atoms with Crippen molar-refractivity contribution in [3.8, 4) is 0 Å². The van der Waals surface area contributed by atoms with Crippen molar-refractivity contribution >= 4 is 23.4 Å². The molecule has 3 rings (SSSR count). The average Bonchev–Trinajstić information content (AvgIpc) is 2.50. The zero-order valence-electron chi connectivity index (χ0n) is 12.2. The fraction of sp³-hybridized carbons (Fsp3) is 0.353. The van der Waals surface area contributed by atoms with E-state index >= 15 is 0 Å². The lowest BCUT2D eigenvalue weighted by molar-refractivity contribution is 0.473. The fourth-order valence-corrected chi connectivity index (χ4v) is 4.76. The van der Waals surface area contributed by atoms with Crippen LogP contribution in [0, 0.1) is 0 Å². The lowest BCUT2D eigenvalue weighted by Crippen LogP contribution is -2.33. The first-order valence-electron chi connectivity index (χ1n) is 7.24. The van der Waals surface area contributed by atoms with E-state index in [1.165, 1.54) is 11.1 Å². The summed E-state index contributed by atoms with van der Waals surface area (Å²) in [6.45, 7) is 2.30. The molecule has 0 bridgehead atoms. The topological polar surface area (TPSA) is 24.9 Å². The highest BCUT2D eigenvalue weighted by atomic mass is 35.5. The first-order valence-corrected chi connectivity index (χ1v) is 8.49. The second kappa shape index (κ2) is 6.39. The van der Waals surface area contributed by atoms with Gasteiger partial charge in [-0.15, -0.1) is 0 Å². The highest BCUT2D eigenvalue weighted by Crippen LogP contribution is 2.45. The smallest absolute Gasteiger partial charge is 0.115 e. The number of pyridine rings is 1. The van der Waals surface area contributed by atoms with E-state index in [4.69, 9.17) is 11.6 Å². The quantitative estimate of drug-likeness (QED) is 0.890. The van der Waals surface area contributed by atoms with Gasteiger partial charge in [0, 0.05) is 17.5 Å². The normalized spacial score (nSPS) is 24.6. The van der Waals surface area contributed by atoms with Crippen LogP contribution in [0.1, 0.15) is 36.4 Å². The molecule has 2 aromatic rings.